The van der Waals surface area contributed by atoms with Gasteiger partial charge in [0.05, 0.1) is 5.60 Å². The lowest BCUT2D eigenvalue weighted by Gasteiger charge is -2.33. The highest BCUT2D eigenvalue weighted by Crippen LogP contribution is 2.30. The van der Waals surface area contributed by atoms with Gasteiger partial charge in [0.1, 0.15) is 17.3 Å². The van der Waals surface area contributed by atoms with E-state index < -0.39 is 23.3 Å². The van der Waals surface area contributed by atoms with Crippen LogP contribution in [0.15, 0.2) is 57.6 Å². The van der Waals surface area contributed by atoms with Gasteiger partial charge >= 0.3 is 6.18 Å². The maximum atomic E-state index is 13.7. The van der Waals surface area contributed by atoms with Crippen LogP contribution in [0, 0.1) is 0 Å². The molecule has 0 saturated carbocycles. The van der Waals surface area contributed by atoms with Crippen molar-refractivity contribution in [2.45, 2.75) is 63.6 Å². The highest BCUT2D eigenvalue weighted by atomic mass is 19.4. The highest BCUT2D eigenvalue weighted by Gasteiger charge is 2.36. The van der Waals surface area contributed by atoms with Crippen LogP contribution in [0.3, 0.4) is 0 Å². The molecule has 0 atom stereocenters. The predicted octanol–water partition coefficient (Wildman–Crippen LogP) is 5.32. The van der Waals surface area contributed by atoms with Gasteiger partial charge in [-0.3, -0.25) is 0 Å². The third-order valence-electron chi connectivity index (χ3n) is 5.53. The Kier molecular flexibility index (Phi) is 7.35. The fraction of sp³-hybridized carbons (Fsp3) is 0.545. The van der Waals surface area contributed by atoms with Crippen LogP contribution < -0.4 is 0 Å². The van der Waals surface area contributed by atoms with E-state index in [1.807, 2.05) is 6.92 Å². The smallest absolute Gasteiger partial charge is 0.433 e. The number of alkyl halides is 3. The summed E-state index contributed by atoms with van der Waals surface area (Å²) in [7, 11) is 0. The first kappa shape index (κ1) is 23.2. The van der Waals surface area contributed by atoms with E-state index in [1.54, 1.807) is 17.1 Å². The lowest BCUT2D eigenvalue weighted by Crippen LogP contribution is -2.39. The Morgan fingerprint density at radius 3 is 2.52 bits per heavy atom. The normalized spacial score (nSPS) is 22.6. The van der Waals surface area contributed by atoms with Gasteiger partial charge in [-0.2, -0.15) is 18.2 Å². The van der Waals surface area contributed by atoms with Crippen LogP contribution >= 0.6 is 0 Å². The lowest BCUT2D eigenvalue weighted by atomic mass is 9.88. The van der Waals surface area contributed by atoms with Gasteiger partial charge in [-0.15, -0.1) is 0 Å². The van der Waals surface area contributed by atoms with Gasteiger partial charge in [0.2, 0.25) is 11.9 Å². The summed E-state index contributed by atoms with van der Waals surface area (Å²) in [5.74, 6) is -0.321. The maximum Gasteiger partial charge on any atom is 0.433 e. The minimum atomic E-state index is -4.63. The zero-order valence-electron chi connectivity index (χ0n) is 17.5. The van der Waals surface area contributed by atoms with E-state index >= 15 is 0 Å². The summed E-state index contributed by atoms with van der Waals surface area (Å²) in [5, 5.41) is 10.5. The number of aliphatic hydroxyl groups is 1. The molecular weight excluding hydrogens is 414 g/mol. The largest absolute Gasteiger partial charge is 0.442 e. The first-order chi connectivity index (χ1) is 14.7. The van der Waals surface area contributed by atoms with E-state index in [-0.39, 0.29) is 30.5 Å². The maximum absolute atomic E-state index is 13.7. The molecule has 170 valence electrons. The first-order valence-electron chi connectivity index (χ1n) is 10.5. The summed E-state index contributed by atoms with van der Waals surface area (Å²) in [6, 6.07) is 0. The van der Waals surface area contributed by atoms with Crippen molar-refractivity contribution in [1.82, 2.24) is 4.90 Å². The molecule has 0 spiro atoms. The van der Waals surface area contributed by atoms with Crippen molar-refractivity contribution in [1.29, 1.82) is 0 Å². The van der Waals surface area contributed by atoms with E-state index in [1.165, 1.54) is 12.2 Å². The van der Waals surface area contributed by atoms with Crippen LogP contribution in [-0.4, -0.2) is 46.7 Å². The number of ether oxygens (including phenoxy) is 1. The Balaban J connectivity index is 1.85. The number of nitrogens with zero attached hydrogens (tertiary/aromatic N) is 3. The number of likely N-dealkylation sites (tertiary alicyclic amines) is 1. The van der Waals surface area contributed by atoms with Crippen molar-refractivity contribution in [3.63, 3.8) is 0 Å². The van der Waals surface area contributed by atoms with Crippen molar-refractivity contribution in [3.8, 4) is 0 Å². The Morgan fingerprint density at radius 2 is 1.87 bits per heavy atom. The fourth-order valence-electron chi connectivity index (χ4n) is 3.70. The van der Waals surface area contributed by atoms with Crippen molar-refractivity contribution in [2.75, 3.05) is 13.1 Å². The van der Waals surface area contributed by atoms with Gasteiger partial charge < -0.3 is 14.7 Å². The van der Waals surface area contributed by atoms with E-state index in [9.17, 15) is 22.7 Å². The molecule has 2 aliphatic heterocycles. The van der Waals surface area contributed by atoms with Crippen LogP contribution in [0.25, 0.3) is 0 Å². The van der Waals surface area contributed by atoms with E-state index in [0.717, 1.165) is 6.08 Å². The average Bonchev–Trinajstić information content (AvgIpc) is 3.02. The summed E-state index contributed by atoms with van der Waals surface area (Å²) in [6.07, 6.45) is 5.13. The van der Waals surface area contributed by atoms with Crippen LogP contribution in [0.2, 0.25) is 0 Å². The van der Waals surface area contributed by atoms with Gasteiger partial charge in [-0.05, 0) is 44.3 Å². The van der Waals surface area contributed by atoms with Crippen LogP contribution in [0.5, 0.6) is 0 Å². The molecule has 0 aromatic heterocycles. The third-order valence-corrected chi connectivity index (χ3v) is 5.53. The molecule has 0 radical (unpaired) electrons. The molecule has 0 bridgehead atoms. The molecule has 9 heteroatoms. The van der Waals surface area contributed by atoms with Crippen molar-refractivity contribution < 1.29 is 27.4 Å². The number of aliphatic imine (C=N–C) groups is 2. The molecule has 0 unspecified atom stereocenters. The standard InChI is InChI=1S/C22H27F4N3O2/c1-2-21(30)11-5-13-29(14-6-12-21)20-27-18(22(24,25)26)9-10-19(28-20)31-17-8-4-3-7-16(23)15-17/h3-4,8-9,15,30H,2,5-7,10-14H2,1H3. The highest BCUT2D eigenvalue weighted by molar-refractivity contribution is 5.95. The predicted molar refractivity (Wildman–Crippen MR) is 111 cm³/mol. The van der Waals surface area contributed by atoms with Crippen LogP contribution in [-0.2, 0) is 4.74 Å². The Morgan fingerprint density at radius 1 is 1.16 bits per heavy atom. The molecule has 1 N–H and O–H groups in total. The Bertz CT molecular complexity index is 843. The molecule has 0 amide bonds. The molecule has 31 heavy (non-hydrogen) atoms. The van der Waals surface area contributed by atoms with E-state index in [4.69, 9.17) is 4.74 Å². The summed E-state index contributed by atoms with van der Waals surface area (Å²) >= 11 is 0. The molecular formula is C22H27F4N3O2. The monoisotopic (exact) mass is 441 g/mol. The number of hydrogen-bond donors (Lipinski definition) is 1. The topological polar surface area (TPSA) is 57.4 Å². The van der Waals surface area contributed by atoms with Crippen LogP contribution in [0.1, 0.15) is 51.9 Å². The molecule has 1 fully saturated rings. The second-order valence-electron chi connectivity index (χ2n) is 7.88. The average molecular weight is 441 g/mol. The number of guanidine groups is 1. The number of hydrogen-bond acceptors (Lipinski definition) is 5. The minimum Gasteiger partial charge on any atom is -0.442 e. The van der Waals surface area contributed by atoms with Crippen LogP contribution in [0.4, 0.5) is 17.6 Å². The molecule has 1 aliphatic carbocycles. The molecule has 1 saturated heterocycles. The van der Waals surface area contributed by atoms with Gasteiger partial charge in [0, 0.05) is 32.0 Å². The minimum absolute atomic E-state index is 0.00993. The van der Waals surface area contributed by atoms with E-state index in [2.05, 4.69) is 9.98 Å². The number of halogens is 4. The molecule has 3 aliphatic rings. The Labute approximate surface area is 179 Å². The van der Waals surface area contributed by atoms with Gasteiger partial charge in [-0.25, -0.2) is 9.38 Å². The Hall–Kier alpha value is -2.42. The van der Waals surface area contributed by atoms with Gasteiger partial charge in [0.25, 0.3) is 0 Å². The third kappa shape index (κ3) is 6.53. The van der Waals surface area contributed by atoms with Crippen molar-refractivity contribution >= 4 is 11.9 Å². The van der Waals surface area contributed by atoms with E-state index in [0.29, 0.717) is 45.2 Å². The second-order valence-corrected chi connectivity index (χ2v) is 7.88. The number of rotatable bonds is 2. The summed E-state index contributed by atoms with van der Waals surface area (Å²) in [5.41, 5.74) is -1.77. The zero-order valence-corrected chi connectivity index (χ0v) is 17.5. The summed E-state index contributed by atoms with van der Waals surface area (Å²) in [6.45, 7) is 2.77. The molecule has 5 nitrogen and oxygen atoms in total. The molecule has 3 rings (SSSR count). The fourth-order valence-corrected chi connectivity index (χ4v) is 3.70. The molecule has 2 heterocycles. The summed E-state index contributed by atoms with van der Waals surface area (Å²) in [4.78, 5) is 9.78. The second kappa shape index (κ2) is 9.80. The lowest BCUT2D eigenvalue weighted by molar-refractivity contribution is -0.0925. The zero-order chi connectivity index (χ0) is 22.5. The summed E-state index contributed by atoms with van der Waals surface area (Å²) < 4.78 is 59.7. The van der Waals surface area contributed by atoms with Gasteiger partial charge in [0.15, 0.2) is 0 Å². The number of allylic oxidation sites excluding steroid dienone is 6. The van der Waals surface area contributed by atoms with Crippen molar-refractivity contribution in [3.05, 3.63) is 47.7 Å². The quantitative estimate of drug-likeness (QED) is 0.590. The molecule has 0 aromatic rings. The van der Waals surface area contributed by atoms with Gasteiger partial charge in [-0.1, -0.05) is 19.1 Å². The van der Waals surface area contributed by atoms with Crippen molar-refractivity contribution in [2.24, 2.45) is 9.98 Å². The molecule has 0 aromatic carbocycles. The first-order valence-corrected chi connectivity index (χ1v) is 10.5. The SMILES string of the molecule is CCC1(O)CCCN(C2=NC(C(F)(F)F)=CCC(OC3=CC=CCC(F)=C3)=N2)CCC1.